The van der Waals surface area contributed by atoms with E-state index in [-0.39, 0.29) is 5.78 Å². The highest BCUT2D eigenvalue weighted by atomic mass is 16.1. The van der Waals surface area contributed by atoms with Crippen LogP contribution < -0.4 is 0 Å². The van der Waals surface area contributed by atoms with Crippen LogP contribution in [0, 0.1) is 5.92 Å². The van der Waals surface area contributed by atoms with Gasteiger partial charge in [0.1, 0.15) is 17.9 Å². The number of aromatic nitrogens is 3. The van der Waals surface area contributed by atoms with E-state index in [9.17, 15) is 4.79 Å². The molecule has 0 aliphatic rings. The molecular formula is C10H17N3O. The van der Waals surface area contributed by atoms with Gasteiger partial charge in [0.25, 0.3) is 0 Å². The van der Waals surface area contributed by atoms with Gasteiger partial charge in [-0.15, -0.1) is 0 Å². The molecule has 14 heavy (non-hydrogen) atoms. The Morgan fingerprint density at radius 1 is 1.57 bits per heavy atom. The van der Waals surface area contributed by atoms with Gasteiger partial charge in [0, 0.05) is 13.0 Å². The van der Waals surface area contributed by atoms with Crippen LogP contribution in [0.2, 0.25) is 0 Å². The van der Waals surface area contributed by atoms with Gasteiger partial charge in [0.2, 0.25) is 0 Å². The first-order valence-corrected chi connectivity index (χ1v) is 5.01. The summed E-state index contributed by atoms with van der Waals surface area (Å²) in [5, 5.41) is 4.10. The van der Waals surface area contributed by atoms with Crippen molar-refractivity contribution in [3.63, 3.8) is 0 Å². The van der Waals surface area contributed by atoms with Gasteiger partial charge in [0.15, 0.2) is 0 Å². The van der Waals surface area contributed by atoms with Crippen LogP contribution in [0.1, 0.15) is 33.0 Å². The van der Waals surface area contributed by atoms with Gasteiger partial charge < -0.3 is 0 Å². The van der Waals surface area contributed by atoms with Crippen molar-refractivity contribution < 1.29 is 4.79 Å². The first-order valence-electron chi connectivity index (χ1n) is 5.01. The summed E-state index contributed by atoms with van der Waals surface area (Å²) in [6, 6.07) is 0. The molecular weight excluding hydrogens is 178 g/mol. The molecule has 1 rings (SSSR count). The maximum Gasteiger partial charge on any atom is 0.140 e. The number of hydrogen-bond donors (Lipinski definition) is 0. The molecule has 1 heterocycles. The van der Waals surface area contributed by atoms with E-state index in [1.54, 1.807) is 0 Å². The summed E-state index contributed by atoms with van der Waals surface area (Å²) < 4.78 is 1.82. The molecule has 0 aliphatic heterocycles. The molecule has 0 radical (unpaired) electrons. The molecule has 0 unspecified atom stereocenters. The van der Waals surface area contributed by atoms with E-state index in [1.807, 2.05) is 11.6 Å². The Labute approximate surface area is 84.3 Å². The zero-order valence-electron chi connectivity index (χ0n) is 9.03. The van der Waals surface area contributed by atoms with Crippen molar-refractivity contribution in [3.8, 4) is 0 Å². The Kier molecular flexibility index (Phi) is 3.80. The van der Waals surface area contributed by atoms with E-state index in [0.29, 0.717) is 18.8 Å². The number of ketones is 1. The summed E-state index contributed by atoms with van der Waals surface area (Å²) in [5.74, 6) is 1.51. The van der Waals surface area contributed by atoms with Crippen LogP contribution in [0.25, 0.3) is 0 Å². The monoisotopic (exact) mass is 195 g/mol. The number of hydrogen-bond acceptors (Lipinski definition) is 3. The van der Waals surface area contributed by atoms with Gasteiger partial charge in [-0.05, 0) is 5.92 Å². The van der Waals surface area contributed by atoms with Gasteiger partial charge in [-0.25, -0.2) is 9.67 Å². The van der Waals surface area contributed by atoms with Crippen molar-refractivity contribution >= 4 is 5.78 Å². The minimum Gasteiger partial charge on any atom is -0.299 e. The van der Waals surface area contributed by atoms with Crippen LogP contribution in [-0.4, -0.2) is 20.5 Å². The Hall–Kier alpha value is -1.19. The lowest BCUT2D eigenvalue weighted by Crippen LogP contribution is -2.13. The van der Waals surface area contributed by atoms with E-state index >= 15 is 0 Å². The molecule has 0 amide bonds. The van der Waals surface area contributed by atoms with Crippen molar-refractivity contribution in [2.75, 3.05) is 0 Å². The second-order valence-corrected chi connectivity index (χ2v) is 3.82. The van der Waals surface area contributed by atoms with Crippen molar-refractivity contribution in [3.05, 3.63) is 12.2 Å². The van der Waals surface area contributed by atoms with Gasteiger partial charge >= 0.3 is 0 Å². The summed E-state index contributed by atoms with van der Waals surface area (Å²) in [6.45, 7) is 6.93. The molecule has 0 bridgehead atoms. The maximum absolute atomic E-state index is 11.2. The second kappa shape index (κ2) is 4.88. The quantitative estimate of drug-likeness (QED) is 0.714. The van der Waals surface area contributed by atoms with Crippen molar-refractivity contribution in [1.29, 1.82) is 0 Å². The van der Waals surface area contributed by atoms with Crippen LogP contribution in [-0.2, 0) is 17.8 Å². The van der Waals surface area contributed by atoms with E-state index < -0.39 is 0 Å². The second-order valence-electron chi connectivity index (χ2n) is 3.82. The first kappa shape index (κ1) is 10.9. The largest absolute Gasteiger partial charge is 0.299 e. The highest BCUT2D eigenvalue weighted by molar-refractivity contribution is 5.79. The SMILES string of the molecule is CCC(=O)Cc1ncnn1CC(C)C. The number of nitrogens with zero attached hydrogens (tertiary/aromatic N) is 3. The third-order valence-electron chi connectivity index (χ3n) is 1.98. The zero-order valence-corrected chi connectivity index (χ0v) is 9.03. The Balaban J connectivity index is 2.67. The van der Waals surface area contributed by atoms with Crippen LogP contribution in [0.4, 0.5) is 0 Å². The summed E-state index contributed by atoms with van der Waals surface area (Å²) >= 11 is 0. The molecule has 4 heteroatoms. The lowest BCUT2D eigenvalue weighted by atomic mass is 10.2. The average Bonchev–Trinajstić information content (AvgIpc) is 2.52. The fourth-order valence-corrected chi connectivity index (χ4v) is 1.22. The molecule has 78 valence electrons. The van der Waals surface area contributed by atoms with E-state index in [0.717, 1.165) is 12.4 Å². The van der Waals surface area contributed by atoms with Crippen LogP contribution in [0.15, 0.2) is 6.33 Å². The molecule has 0 atom stereocenters. The lowest BCUT2D eigenvalue weighted by Gasteiger charge is -2.07. The van der Waals surface area contributed by atoms with E-state index in [1.165, 1.54) is 6.33 Å². The normalized spacial score (nSPS) is 10.9. The highest BCUT2D eigenvalue weighted by Gasteiger charge is 2.09. The summed E-state index contributed by atoms with van der Waals surface area (Å²) in [5.41, 5.74) is 0. The fraction of sp³-hybridized carbons (Fsp3) is 0.700. The molecule has 0 aliphatic carbocycles. The predicted octanol–water partition coefficient (Wildman–Crippen LogP) is 1.46. The number of carbonyl (C=O) groups excluding carboxylic acids is 1. The van der Waals surface area contributed by atoms with Gasteiger partial charge in [0.05, 0.1) is 6.42 Å². The first-order chi connectivity index (χ1) is 6.63. The molecule has 0 N–H and O–H groups in total. The summed E-state index contributed by atoms with van der Waals surface area (Å²) in [4.78, 5) is 15.3. The van der Waals surface area contributed by atoms with E-state index in [2.05, 4.69) is 23.9 Å². The Morgan fingerprint density at radius 3 is 2.86 bits per heavy atom. The molecule has 4 nitrogen and oxygen atoms in total. The highest BCUT2D eigenvalue weighted by Crippen LogP contribution is 2.03. The molecule has 0 aromatic carbocycles. The zero-order chi connectivity index (χ0) is 10.6. The van der Waals surface area contributed by atoms with Gasteiger partial charge in [-0.1, -0.05) is 20.8 Å². The minimum atomic E-state index is 0.211. The molecule has 0 saturated carbocycles. The molecule has 1 aromatic heterocycles. The number of Topliss-reactive ketones (excluding diaryl/α,β-unsaturated/α-hetero) is 1. The van der Waals surface area contributed by atoms with Crippen molar-refractivity contribution in [1.82, 2.24) is 14.8 Å². The van der Waals surface area contributed by atoms with E-state index in [4.69, 9.17) is 0 Å². The summed E-state index contributed by atoms with van der Waals surface area (Å²) in [6.07, 6.45) is 2.48. The molecule has 0 saturated heterocycles. The maximum atomic E-state index is 11.2. The fourth-order valence-electron chi connectivity index (χ4n) is 1.22. The van der Waals surface area contributed by atoms with Crippen LogP contribution in [0.5, 0.6) is 0 Å². The van der Waals surface area contributed by atoms with Crippen molar-refractivity contribution in [2.24, 2.45) is 5.92 Å². The topological polar surface area (TPSA) is 47.8 Å². The minimum absolute atomic E-state index is 0.211. The van der Waals surface area contributed by atoms with Crippen LogP contribution >= 0.6 is 0 Å². The third-order valence-corrected chi connectivity index (χ3v) is 1.98. The summed E-state index contributed by atoms with van der Waals surface area (Å²) in [7, 11) is 0. The number of carbonyl (C=O) groups is 1. The predicted molar refractivity (Wildman–Crippen MR) is 53.9 cm³/mol. The lowest BCUT2D eigenvalue weighted by molar-refractivity contribution is -0.118. The van der Waals surface area contributed by atoms with Gasteiger partial charge in [-0.2, -0.15) is 5.10 Å². The van der Waals surface area contributed by atoms with Crippen LogP contribution in [0.3, 0.4) is 0 Å². The smallest absolute Gasteiger partial charge is 0.140 e. The Bertz CT molecular complexity index is 304. The average molecular weight is 195 g/mol. The standard InChI is InChI=1S/C10H17N3O/c1-4-9(14)5-10-11-7-12-13(10)6-8(2)3/h7-8H,4-6H2,1-3H3. The molecule has 0 fully saturated rings. The third kappa shape index (κ3) is 2.94. The molecule has 0 spiro atoms. The van der Waals surface area contributed by atoms with Crippen molar-refractivity contribution in [2.45, 2.75) is 40.2 Å². The Morgan fingerprint density at radius 2 is 2.29 bits per heavy atom. The van der Waals surface area contributed by atoms with Gasteiger partial charge in [-0.3, -0.25) is 4.79 Å². The number of rotatable bonds is 5. The molecule has 1 aromatic rings.